The van der Waals surface area contributed by atoms with Gasteiger partial charge in [-0.05, 0) is 113 Å². The molecule has 6 aromatic rings. The summed E-state index contributed by atoms with van der Waals surface area (Å²) in [5.74, 6) is -2.50. The lowest BCUT2D eigenvalue weighted by Gasteiger charge is -2.34. The van der Waals surface area contributed by atoms with Gasteiger partial charge in [-0.15, -0.1) is 0 Å². The van der Waals surface area contributed by atoms with E-state index in [1.54, 1.807) is 36.4 Å². The highest BCUT2D eigenvalue weighted by Gasteiger charge is 2.38. The maximum absolute atomic E-state index is 13.6. The van der Waals surface area contributed by atoms with Crippen molar-refractivity contribution in [1.29, 1.82) is 0 Å². The molecule has 8 rings (SSSR count). The third-order valence-electron chi connectivity index (χ3n) is 10.5. The number of hydrogen-bond acceptors (Lipinski definition) is 10. The molecule has 14 heteroatoms. The van der Waals surface area contributed by atoms with E-state index in [0.717, 1.165) is 32.9 Å². The van der Waals surface area contributed by atoms with E-state index in [2.05, 4.69) is 30.4 Å². The lowest BCUT2D eigenvalue weighted by molar-refractivity contribution is -0.176. The Kier molecular flexibility index (Phi) is 9.07. The van der Waals surface area contributed by atoms with E-state index in [-0.39, 0.29) is 35.4 Å². The molecule has 0 saturated heterocycles. The number of anilines is 2. The second-order valence-electron chi connectivity index (χ2n) is 14.3. The van der Waals surface area contributed by atoms with E-state index in [1.165, 1.54) is 12.5 Å². The average molecular weight is 733 g/mol. The largest absolute Gasteiger partial charge is 0.459 e. The molecule has 4 heterocycles. The van der Waals surface area contributed by atoms with Crippen LogP contribution in [-0.4, -0.2) is 83.8 Å². The molecule has 14 nitrogen and oxygen atoms in total. The monoisotopic (exact) mass is 732 g/mol. The Morgan fingerprint density at radius 3 is 1.44 bits per heavy atom. The van der Waals surface area contributed by atoms with Crippen molar-refractivity contribution in [3.63, 3.8) is 0 Å². The second kappa shape index (κ2) is 14.0. The summed E-state index contributed by atoms with van der Waals surface area (Å²) in [5.41, 5.74) is 6.09. The number of likely N-dealkylation sites (N-methyl/N-ethyl adjacent to an activating group) is 2. The highest BCUT2D eigenvalue weighted by atomic mass is 16.6. The van der Waals surface area contributed by atoms with Crippen LogP contribution in [0.25, 0.3) is 21.8 Å². The van der Waals surface area contributed by atoms with E-state index in [1.807, 2.05) is 52.5 Å². The molecule has 4 N–H and O–H groups in total. The van der Waals surface area contributed by atoms with Gasteiger partial charge in [-0.3, -0.25) is 9.59 Å². The Balaban J connectivity index is 1.02. The van der Waals surface area contributed by atoms with Crippen LogP contribution in [0.2, 0.25) is 0 Å². The molecule has 2 aromatic carbocycles. The van der Waals surface area contributed by atoms with Gasteiger partial charge in [0.15, 0.2) is 11.5 Å². The lowest BCUT2D eigenvalue weighted by Crippen LogP contribution is -2.38. The molecule has 0 saturated carbocycles. The summed E-state index contributed by atoms with van der Waals surface area (Å²) in [6.07, 6.45) is 3.67. The number of amides is 2. The second-order valence-corrected chi connectivity index (χ2v) is 14.3. The van der Waals surface area contributed by atoms with Crippen molar-refractivity contribution >= 4 is 56.9 Å². The van der Waals surface area contributed by atoms with E-state index < -0.39 is 24.1 Å². The molecule has 2 aliphatic carbocycles. The third kappa shape index (κ3) is 6.65. The fourth-order valence-corrected chi connectivity index (χ4v) is 7.61. The van der Waals surface area contributed by atoms with Gasteiger partial charge in [-0.25, -0.2) is 9.59 Å². The number of nitrogens with one attached hydrogen (secondary N) is 4. The van der Waals surface area contributed by atoms with Gasteiger partial charge in [0.05, 0.1) is 23.9 Å². The van der Waals surface area contributed by atoms with E-state index in [4.69, 9.17) is 18.3 Å². The molecule has 278 valence electrons. The number of nitrogens with zero attached hydrogens (tertiary/aromatic N) is 2. The zero-order valence-electron chi connectivity index (χ0n) is 30.2. The van der Waals surface area contributed by atoms with Crippen LogP contribution in [-0.2, 0) is 31.9 Å². The van der Waals surface area contributed by atoms with Gasteiger partial charge < -0.3 is 48.7 Å². The Morgan fingerprint density at radius 2 is 1.07 bits per heavy atom. The van der Waals surface area contributed by atoms with Crippen LogP contribution < -0.4 is 10.6 Å². The minimum absolute atomic E-state index is 0.00791. The molecule has 4 unspecified atom stereocenters. The topological polar surface area (TPSA) is 175 Å². The van der Waals surface area contributed by atoms with Gasteiger partial charge in [0.25, 0.3) is 11.8 Å². The average Bonchev–Trinajstić information content (AvgIpc) is 3.98. The van der Waals surface area contributed by atoms with Gasteiger partial charge >= 0.3 is 11.9 Å². The first-order valence-electron chi connectivity index (χ1n) is 17.8. The number of furan rings is 2. The fourth-order valence-electron chi connectivity index (χ4n) is 7.61. The van der Waals surface area contributed by atoms with Crippen molar-refractivity contribution in [1.82, 2.24) is 19.8 Å². The SMILES string of the molecule is CN(C)C1Cc2c([nH]c3ccc(NC(=O)c4ccco4)cc23)C(OC(=O)C(=O)OC2CC(N(C)C)Cc3c2[nH]c2ccc(NC(=O)c4ccco4)cc32)C1. The highest BCUT2D eigenvalue weighted by molar-refractivity contribution is 6.29. The van der Waals surface area contributed by atoms with Gasteiger partial charge in [0, 0.05) is 58.1 Å². The number of fused-ring (bicyclic) bond motifs is 6. The zero-order valence-corrected chi connectivity index (χ0v) is 30.2. The number of carbonyl (C=O) groups excluding carboxylic acids is 4. The maximum Gasteiger partial charge on any atom is 0.418 e. The number of rotatable bonds is 8. The predicted molar refractivity (Wildman–Crippen MR) is 199 cm³/mol. The van der Waals surface area contributed by atoms with E-state index >= 15 is 0 Å². The summed E-state index contributed by atoms with van der Waals surface area (Å²) in [6, 6.07) is 17.6. The Bertz CT molecular complexity index is 2210. The quantitative estimate of drug-likeness (QED) is 0.108. The van der Waals surface area contributed by atoms with Crippen LogP contribution in [0.5, 0.6) is 0 Å². The summed E-state index contributed by atoms with van der Waals surface area (Å²) < 4.78 is 22.4. The molecule has 4 aromatic heterocycles. The van der Waals surface area contributed by atoms with Gasteiger partial charge in [-0.1, -0.05) is 0 Å². The molecule has 4 atom stereocenters. The number of esters is 2. The predicted octanol–water partition coefficient (Wildman–Crippen LogP) is 5.96. The van der Waals surface area contributed by atoms with Crippen molar-refractivity contribution in [2.75, 3.05) is 38.8 Å². The Morgan fingerprint density at radius 1 is 0.648 bits per heavy atom. The number of aromatic amines is 2. The first-order valence-corrected chi connectivity index (χ1v) is 17.8. The van der Waals surface area contributed by atoms with Crippen LogP contribution in [0.4, 0.5) is 11.4 Å². The molecule has 2 aliphatic rings. The third-order valence-corrected chi connectivity index (χ3v) is 10.5. The fraction of sp³-hybridized carbons (Fsp3) is 0.300. The van der Waals surface area contributed by atoms with E-state index in [9.17, 15) is 19.2 Å². The lowest BCUT2D eigenvalue weighted by atomic mass is 9.88. The first-order chi connectivity index (χ1) is 26.0. The van der Waals surface area contributed by atoms with Crippen molar-refractivity contribution in [3.8, 4) is 0 Å². The molecular weight excluding hydrogens is 692 g/mol. The highest BCUT2D eigenvalue weighted by Crippen LogP contribution is 2.41. The standard InChI is InChI=1S/C40H40N6O8/c1-45(2)23-17-27-25-15-21(41-37(47)31-7-5-13-51-31)9-11-29(25)43-35(27)33(19-23)53-39(49)40(50)54-34-20-24(46(3)4)18-28-26-16-22(10-12-30(26)44-36(28)34)42-38(48)32-8-6-14-52-32/h5-16,23-24,33-34,43-44H,17-20H2,1-4H3,(H,41,47)(H,42,48). The molecule has 0 bridgehead atoms. The van der Waals surface area contributed by atoms with Crippen LogP contribution in [0.15, 0.2) is 82.0 Å². The van der Waals surface area contributed by atoms with Gasteiger partial charge in [0.1, 0.15) is 12.2 Å². The summed E-state index contributed by atoms with van der Waals surface area (Å²) in [5, 5.41) is 7.51. The Labute approximate surface area is 309 Å². The maximum atomic E-state index is 13.6. The molecule has 0 radical (unpaired) electrons. The van der Waals surface area contributed by atoms with Gasteiger partial charge in [0.2, 0.25) is 0 Å². The van der Waals surface area contributed by atoms with Crippen LogP contribution >= 0.6 is 0 Å². The number of aromatic nitrogens is 2. The number of carbonyl (C=O) groups is 4. The smallest absolute Gasteiger partial charge is 0.418 e. The molecule has 2 amide bonds. The van der Waals surface area contributed by atoms with Gasteiger partial charge in [-0.2, -0.15) is 0 Å². The molecule has 54 heavy (non-hydrogen) atoms. The zero-order chi connectivity index (χ0) is 37.7. The minimum Gasteiger partial charge on any atom is -0.459 e. The van der Waals surface area contributed by atoms with Crippen LogP contribution in [0.3, 0.4) is 0 Å². The summed E-state index contributed by atoms with van der Waals surface area (Å²) >= 11 is 0. The van der Waals surface area contributed by atoms with Crippen molar-refractivity contribution < 1.29 is 37.5 Å². The first kappa shape index (κ1) is 34.9. The number of benzene rings is 2. The van der Waals surface area contributed by atoms with Crippen molar-refractivity contribution in [2.24, 2.45) is 0 Å². The van der Waals surface area contributed by atoms with Crippen molar-refractivity contribution in [2.45, 2.75) is 50.0 Å². The molecule has 0 aliphatic heterocycles. The molecular formula is C40H40N6O8. The number of ether oxygens (including phenoxy) is 2. The minimum atomic E-state index is -1.08. The summed E-state index contributed by atoms with van der Waals surface area (Å²) in [7, 11) is 7.85. The van der Waals surface area contributed by atoms with Crippen molar-refractivity contribution in [3.05, 3.63) is 107 Å². The van der Waals surface area contributed by atoms with E-state index in [0.29, 0.717) is 48.4 Å². The molecule has 0 spiro atoms. The van der Waals surface area contributed by atoms with Crippen LogP contribution in [0, 0.1) is 0 Å². The summed E-state index contributed by atoms with van der Waals surface area (Å²) in [6.45, 7) is 0. The van der Waals surface area contributed by atoms with Crippen LogP contribution in [0.1, 0.15) is 68.7 Å². The molecule has 0 fully saturated rings. The summed E-state index contributed by atoms with van der Waals surface area (Å²) in [4.78, 5) is 63.4. The number of hydrogen-bond donors (Lipinski definition) is 4. The normalized spacial score (nSPS) is 19.4. The Hall–Kier alpha value is -6.12. The number of H-pyrrole nitrogens is 2.